The Kier molecular flexibility index (Phi) is 6.48. The number of nitrogens with zero attached hydrogens (tertiary/aromatic N) is 2. The molecule has 5 heteroatoms. The summed E-state index contributed by atoms with van der Waals surface area (Å²) in [4.78, 5) is 0. The monoisotopic (exact) mass is 270 g/mol. The van der Waals surface area contributed by atoms with Gasteiger partial charge < -0.3 is 0 Å². The van der Waals surface area contributed by atoms with Crippen molar-refractivity contribution in [2.75, 3.05) is 26.2 Å². The van der Waals surface area contributed by atoms with E-state index < -0.39 is 6.15 Å². The van der Waals surface area contributed by atoms with Crippen LogP contribution >= 0.6 is 21.6 Å². The van der Waals surface area contributed by atoms with Gasteiger partial charge in [-0.2, -0.15) is 0 Å². The van der Waals surface area contributed by atoms with Gasteiger partial charge in [0.15, 0.2) is 0 Å². The van der Waals surface area contributed by atoms with Crippen LogP contribution in [0.15, 0.2) is 0 Å². The highest BCUT2D eigenvalue weighted by Gasteiger charge is 2.30. The second kappa shape index (κ2) is 6.18. The van der Waals surface area contributed by atoms with Crippen LogP contribution in [0.2, 0.25) is 0 Å². The van der Waals surface area contributed by atoms with E-state index in [1.54, 1.807) is 0 Å². The zero-order chi connectivity index (χ0) is 10.5. The van der Waals surface area contributed by atoms with E-state index in [-0.39, 0.29) is 0 Å². The molecule has 0 fully saturated rings. The van der Waals surface area contributed by atoms with E-state index in [1.165, 1.54) is 0 Å². The second-order valence-electron chi connectivity index (χ2n) is 2.75. The lowest BCUT2D eigenvalue weighted by Gasteiger charge is -2.32. The Morgan fingerprint density at radius 1 is 0.923 bits per heavy atom. The minimum atomic E-state index is -2.43. The second-order valence-corrected chi connectivity index (χ2v) is 7.60. The van der Waals surface area contributed by atoms with Crippen LogP contribution in [-0.2, 0) is 4.57 Å². The highest BCUT2D eigenvalue weighted by Crippen LogP contribution is 2.59. The summed E-state index contributed by atoms with van der Waals surface area (Å²) in [6.45, 7) is 11.4. The molecule has 0 aliphatic rings. The maximum Gasteiger partial charge on any atom is 0.279 e. The van der Waals surface area contributed by atoms with Gasteiger partial charge in [-0.3, -0.25) is 4.57 Å². The molecule has 0 heterocycles. The summed E-state index contributed by atoms with van der Waals surface area (Å²) >= 11 is 3.36. The van der Waals surface area contributed by atoms with Crippen LogP contribution in [0.5, 0.6) is 0 Å². The Labute approximate surface area is 89.7 Å². The topological polar surface area (TPSA) is 23.6 Å². The SMILES string of the molecule is CCN(CC)P(=O)(Br)N(CC)CC. The van der Waals surface area contributed by atoms with Crippen molar-refractivity contribution >= 4 is 21.6 Å². The fourth-order valence-electron chi connectivity index (χ4n) is 1.32. The number of rotatable bonds is 6. The highest BCUT2D eigenvalue weighted by molar-refractivity contribution is 9.39. The van der Waals surface area contributed by atoms with Gasteiger partial charge in [0.1, 0.15) is 0 Å². The predicted molar refractivity (Wildman–Crippen MR) is 62.4 cm³/mol. The zero-order valence-corrected chi connectivity index (χ0v) is 11.4. The smallest absolute Gasteiger partial charge is 0.276 e. The quantitative estimate of drug-likeness (QED) is 0.693. The minimum Gasteiger partial charge on any atom is -0.276 e. The van der Waals surface area contributed by atoms with Crippen molar-refractivity contribution in [3.05, 3.63) is 0 Å². The molecule has 13 heavy (non-hydrogen) atoms. The van der Waals surface area contributed by atoms with Crippen LogP contribution in [0.25, 0.3) is 0 Å². The van der Waals surface area contributed by atoms with E-state index >= 15 is 0 Å². The summed E-state index contributed by atoms with van der Waals surface area (Å²) in [5, 5.41) is 0. The molecule has 0 spiro atoms. The maximum atomic E-state index is 12.3. The average Bonchev–Trinajstić information content (AvgIpc) is 2.07. The van der Waals surface area contributed by atoms with Crippen molar-refractivity contribution < 1.29 is 4.57 Å². The lowest BCUT2D eigenvalue weighted by Crippen LogP contribution is -2.28. The minimum absolute atomic E-state index is 0.815. The Hall–Kier alpha value is 0.630. The van der Waals surface area contributed by atoms with E-state index in [0.717, 1.165) is 26.2 Å². The third-order valence-electron chi connectivity index (χ3n) is 2.16. The highest BCUT2D eigenvalue weighted by atomic mass is 79.9. The summed E-state index contributed by atoms with van der Waals surface area (Å²) in [5.41, 5.74) is 0. The molecule has 0 amide bonds. The van der Waals surface area contributed by atoms with Crippen molar-refractivity contribution in [3.8, 4) is 0 Å². The first-order valence-electron chi connectivity index (χ1n) is 4.84. The molecular formula is C8H20BrN2OP. The maximum absolute atomic E-state index is 12.3. The summed E-state index contributed by atoms with van der Waals surface area (Å²) in [6, 6.07) is 0. The molecule has 3 nitrogen and oxygen atoms in total. The largest absolute Gasteiger partial charge is 0.279 e. The molecule has 80 valence electrons. The molecule has 0 aliphatic carbocycles. The van der Waals surface area contributed by atoms with Crippen LogP contribution in [0.3, 0.4) is 0 Å². The number of hydrogen-bond donors (Lipinski definition) is 0. The van der Waals surface area contributed by atoms with E-state index in [9.17, 15) is 4.57 Å². The van der Waals surface area contributed by atoms with Crippen molar-refractivity contribution in [1.29, 1.82) is 0 Å². The summed E-state index contributed by atoms with van der Waals surface area (Å²) in [5.74, 6) is 0. The molecule has 0 saturated heterocycles. The molecule has 0 rings (SSSR count). The van der Waals surface area contributed by atoms with Crippen LogP contribution in [0, 0.1) is 0 Å². The Morgan fingerprint density at radius 2 is 1.15 bits per heavy atom. The lowest BCUT2D eigenvalue weighted by molar-refractivity contribution is 0.377. The molecule has 0 unspecified atom stereocenters. The summed E-state index contributed by atoms with van der Waals surface area (Å²) in [6.07, 6.45) is -2.43. The first kappa shape index (κ1) is 13.6. The number of hydrogen-bond acceptors (Lipinski definition) is 1. The molecule has 0 aliphatic heterocycles. The normalized spacial score (nSPS) is 12.8. The molecule has 0 aromatic heterocycles. The zero-order valence-electron chi connectivity index (χ0n) is 8.96. The van der Waals surface area contributed by atoms with Gasteiger partial charge in [-0.25, -0.2) is 9.34 Å². The Bertz CT molecular complexity index is 165. The molecule has 0 atom stereocenters. The molecule has 0 aromatic carbocycles. The van der Waals surface area contributed by atoms with E-state index in [1.807, 2.05) is 37.0 Å². The van der Waals surface area contributed by atoms with Crippen LogP contribution in [0.1, 0.15) is 27.7 Å². The van der Waals surface area contributed by atoms with Gasteiger partial charge in [0.2, 0.25) is 0 Å². The van der Waals surface area contributed by atoms with E-state index in [4.69, 9.17) is 0 Å². The summed E-state index contributed by atoms with van der Waals surface area (Å²) < 4.78 is 16.3. The molecule has 0 bridgehead atoms. The van der Waals surface area contributed by atoms with Crippen LogP contribution in [0.4, 0.5) is 0 Å². The van der Waals surface area contributed by atoms with Gasteiger partial charge >= 0.3 is 0 Å². The first-order chi connectivity index (χ1) is 6.04. The van der Waals surface area contributed by atoms with Gasteiger partial charge in [-0.1, -0.05) is 27.7 Å². The van der Waals surface area contributed by atoms with Crippen LogP contribution in [-0.4, -0.2) is 35.5 Å². The third kappa shape index (κ3) is 3.35. The lowest BCUT2D eigenvalue weighted by atomic mass is 10.7. The van der Waals surface area contributed by atoms with Gasteiger partial charge in [-0.15, -0.1) is 0 Å². The van der Waals surface area contributed by atoms with E-state index in [0.29, 0.717) is 0 Å². The fraction of sp³-hybridized carbons (Fsp3) is 1.00. The predicted octanol–water partition coefficient (Wildman–Crippen LogP) is 3.17. The van der Waals surface area contributed by atoms with Crippen molar-refractivity contribution in [3.63, 3.8) is 0 Å². The molecular weight excluding hydrogens is 251 g/mol. The van der Waals surface area contributed by atoms with Crippen molar-refractivity contribution in [1.82, 2.24) is 9.34 Å². The van der Waals surface area contributed by atoms with E-state index in [2.05, 4.69) is 15.5 Å². The Morgan fingerprint density at radius 3 is 1.31 bits per heavy atom. The van der Waals surface area contributed by atoms with Crippen LogP contribution < -0.4 is 0 Å². The Balaban J connectivity index is 4.59. The fourth-order valence-corrected chi connectivity index (χ4v) is 5.77. The average molecular weight is 271 g/mol. The van der Waals surface area contributed by atoms with Gasteiger partial charge in [0.05, 0.1) is 0 Å². The standard InChI is InChI=1S/C8H20BrN2OP/c1-5-10(6-2)13(9,12)11(7-3)8-4/h5-8H2,1-4H3. The van der Waals surface area contributed by atoms with Gasteiger partial charge in [0, 0.05) is 41.7 Å². The molecule has 0 radical (unpaired) electrons. The van der Waals surface area contributed by atoms with Crippen molar-refractivity contribution in [2.24, 2.45) is 0 Å². The van der Waals surface area contributed by atoms with Gasteiger partial charge in [-0.05, 0) is 0 Å². The number of halogens is 1. The van der Waals surface area contributed by atoms with Crippen molar-refractivity contribution in [2.45, 2.75) is 27.7 Å². The summed E-state index contributed by atoms with van der Waals surface area (Å²) in [7, 11) is 0. The first-order valence-corrected chi connectivity index (χ1v) is 8.48. The third-order valence-corrected chi connectivity index (χ3v) is 7.38. The molecule has 0 N–H and O–H groups in total. The van der Waals surface area contributed by atoms with Gasteiger partial charge in [0.25, 0.3) is 6.15 Å². The molecule has 0 aromatic rings. The molecule has 0 saturated carbocycles.